The molecule has 0 aliphatic rings. The number of carbonyl (C=O) groups excluding carboxylic acids is 1. The Balaban J connectivity index is 2.18. The molecule has 0 radical (unpaired) electrons. The van der Waals surface area contributed by atoms with Crippen molar-refractivity contribution >= 4 is 17.7 Å². The molecule has 1 N–H and O–H groups in total. The average Bonchev–Trinajstić information content (AvgIpc) is 2.53. The van der Waals surface area contributed by atoms with Gasteiger partial charge in [-0.15, -0.1) is 0 Å². The molecule has 0 spiro atoms. The Hall–Kier alpha value is -3.07. The molecular weight excluding hydrogens is 305 g/mol. The number of amides is 1. The van der Waals surface area contributed by atoms with Crippen LogP contribution in [0.3, 0.4) is 0 Å². The molecule has 0 heterocycles. The smallest absolute Gasteiger partial charge is 0.321 e. The van der Waals surface area contributed by atoms with Gasteiger partial charge in [0.05, 0.1) is 5.56 Å². The van der Waals surface area contributed by atoms with Crippen LogP contribution in [0.1, 0.15) is 11.1 Å². The van der Waals surface area contributed by atoms with Gasteiger partial charge in [-0.3, -0.25) is 4.79 Å². The van der Waals surface area contributed by atoms with Crippen LogP contribution in [0.25, 0.3) is 6.08 Å². The first-order valence-corrected chi connectivity index (χ1v) is 6.55. The summed E-state index contributed by atoms with van der Waals surface area (Å²) >= 11 is 0. The molecule has 2 rings (SSSR count). The van der Waals surface area contributed by atoms with E-state index < -0.39 is 17.6 Å². The molecule has 6 heteroatoms. The first-order chi connectivity index (χ1) is 10.9. The number of hydrogen-bond acceptors (Lipinski definition) is 2. The van der Waals surface area contributed by atoms with E-state index in [1.807, 2.05) is 0 Å². The number of benzene rings is 2. The largest absolute Gasteiger partial charge is 0.416 e. The molecule has 0 fully saturated rings. The van der Waals surface area contributed by atoms with Crippen molar-refractivity contribution in [2.75, 3.05) is 5.32 Å². The van der Waals surface area contributed by atoms with Crippen LogP contribution in [0, 0.1) is 11.3 Å². The molecule has 0 saturated heterocycles. The van der Waals surface area contributed by atoms with Crippen LogP contribution in [-0.2, 0) is 11.0 Å². The fourth-order valence-electron chi connectivity index (χ4n) is 1.80. The second-order valence-electron chi connectivity index (χ2n) is 4.61. The van der Waals surface area contributed by atoms with Crippen LogP contribution >= 0.6 is 0 Å². The molecule has 116 valence electrons. The monoisotopic (exact) mass is 316 g/mol. The number of nitriles is 1. The molecule has 2 aromatic rings. The quantitative estimate of drug-likeness (QED) is 0.680. The molecule has 2 aromatic carbocycles. The third-order valence-corrected chi connectivity index (χ3v) is 2.95. The van der Waals surface area contributed by atoms with Gasteiger partial charge in [-0.05, 0) is 35.9 Å². The number of nitrogens with zero attached hydrogens (tertiary/aromatic N) is 1. The van der Waals surface area contributed by atoms with Crippen molar-refractivity contribution in [1.82, 2.24) is 0 Å². The molecule has 0 aliphatic carbocycles. The maximum atomic E-state index is 12.5. The zero-order valence-corrected chi connectivity index (χ0v) is 11.8. The second kappa shape index (κ2) is 6.79. The number of carbonyl (C=O) groups is 1. The highest BCUT2D eigenvalue weighted by molar-refractivity contribution is 6.09. The number of halogens is 3. The van der Waals surface area contributed by atoms with Crippen molar-refractivity contribution in [3.8, 4) is 6.07 Å². The fourth-order valence-corrected chi connectivity index (χ4v) is 1.80. The van der Waals surface area contributed by atoms with Gasteiger partial charge in [0, 0.05) is 5.69 Å². The Kier molecular flexibility index (Phi) is 4.82. The van der Waals surface area contributed by atoms with Gasteiger partial charge in [-0.25, -0.2) is 0 Å². The number of anilines is 1. The summed E-state index contributed by atoms with van der Waals surface area (Å²) in [7, 11) is 0. The number of alkyl halides is 3. The predicted molar refractivity (Wildman–Crippen MR) is 80.1 cm³/mol. The minimum atomic E-state index is -4.43. The highest BCUT2D eigenvalue weighted by Gasteiger charge is 2.29. The lowest BCUT2D eigenvalue weighted by Crippen LogP contribution is -2.13. The fraction of sp³-hybridized carbons (Fsp3) is 0.0588. The van der Waals surface area contributed by atoms with Crippen LogP contribution in [0.2, 0.25) is 0 Å². The lowest BCUT2D eigenvalue weighted by Gasteiger charge is -2.06. The van der Waals surface area contributed by atoms with Crippen molar-refractivity contribution in [2.45, 2.75) is 6.18 Å². The SMILES string of the molecule is N#CC(=Cc1ccc(C(F)(F)F)cc1)C(=O)Nc1ccccc1. The molecule has 1 amide bonds. The summed E-state index contributed by atoms with van der Waals surface area (Å²) in [6.45, 7) is 0. The highest BCUT2D eigenvalue weighted by atomic mass is 19.4. The summed E-state index contributed by atoms with van der Waals surface area (Å²) < 4.78 is 37.5. The van der Waals surface area contributed by atoms with Gasteiger partial charge in [-0.2, -0.15) is 18.4 Å². The van der Waals surface area contributed by atoms with E-state index in [1.165, 1.54) is 18.2 Å². The summed E-state index contributed by atoms with van der Waals surface area (Å²) in [6.07, 6.45) is -3.19. The Morgan fingerprint density at radius 1 is 1.04 bits per heavy atom. The van der Waals surface area contributed by atoms with Gasteiger partial charge >= 0.3 is 6.18 Å². The summed E-state index contributed by atoms with van der Waals surface area (Å²) in [5.41, 5.74) is -0.140. The van der Waals surface area contributed by atoms with Crippen LogP contribution in [0.15, 0.2) is 60.2 Å². The maximum absolute atomic E-state index is 12.5. The molecule has 0 bridgehead atoms. The molecule has 0 aliphatic heterocycles. The Bertz CT molecular complexity index is 757. The molecule has 0 atom stereocenters. The van der Waals surface area contributed by atoms with Gasteiger partial charge in [0.2, 0.25) is 0 Å². The standard InChI is InChI=1S/C17H11F3N2O/c18-17(19,20)14-8-6-12(7-9-14)10-13(11-21)16(23)22-15-4-2-1-3-5-15/h1-10H,(H,22,23). The normalized spacial score (nSPS) is 11.7. The molecule has 0 saturated carbocycles. The van der Waals surface area contributed by atoms with E-state index in [9.17, 15) is 18.0 Å². The Morgan fingerprint density at radius 2 is 1.65 bits per heavy atom. The van der Waals surface area contributed by atoms with Crippen molar-refractivity contribution < 1.29 is 18.0 Å². The van der Waals surface area contributed by atoms with E-state index >= 15 is 0 Å². The van der Waals surface area contributed by atoms with Crippen molar-refractivity contribution in [3.63, 3.8) is 0 Å². The first-order valence-electron chi connectivity index (χ1n) is 6.55. The molecule has 0 aromatic heterocycles. The van der Waals surface area contributed by atoms with Gasteiger partial charge in [-0.1, -0.05) is 30.3 Å². The number of para-hydroxylation sites is 1. The Morgan fingerprint density at radius 3 is 2.17 bits per heavy atom. The topological polar surface area (TPSA) is 52.9 Å². The molecule has 23 heavy (non-hydrogen) atoms. The second-order valence-corrected chi connectivity index (χ2v) is 4.61. The van der Waals surface area contributed by atoms with E-state index in [0.717, 1.165) is 12.1 Å². The lowest BCUT2D eigenvalue weighted by atomic mass is 10.1. The molecule has 0 unspecified atom stereocenters. The molecule has 3 nitrogen and oxygen atoms in total. The molecular formula is C17H11F3N2O. The van der Waals surface area contributed by atoms with Crippen LogP contribution in [0.4, 0.5) is 18.9 Å². The third kappa shape index (κ3) is 4.45. The maximum Gasteiger partial charge on any atom is 0.416 e. The van der Waals surface area contributed by atoms with Gasteiger partial charge in [0.1, 0.15) is 11.6 Å². The summed E-state index contributed by atoms with van der Waals surface area (Å²) in [5, 5.41) is 11.6. The van der Waals surface area contributed by atoms with E-state index in [2.05, 4.69) is 5.32 Å². The Labute approximate surface area is 130 Å². The zero-order valence-electron chi connectivity index (χ0n) is 11.8. The summed E-state index contributed by atoms with van der Waals surface area (Å²) in [6, 6.07) is 14.5. The van der Waals surface area contributed by atoms with Crippen molar-refractivity contribution in [2.24, 2.45) is 0 Å². The summed E-state index contributed by atoms with van der Waals surface area (Å²) in [4.78, 5) is 12.0. The van der Waals surface area contributed by atoms with Crippen LogP contribution in [0.5, 0.6) is 0 Å². The summed E-state index contributed by atoms with van der Waals surface area (Å²) in [5.74, 6) is -0.626. The van der Waals surface area contributed by atoms with E-state index in [4.69, 9.17) is 5.26 Å². The minimum absolute atomic E-state index is 0.200. The predicted octanol–water partition coefficient (Wildman–Crippen LogP) is 4.25. The van der Waals surface area contributed by atoms with Gasteiger partial charge in [0.15, 0.2) is 0 Å². The number of rotatable bonds is 3. The van der Waals surface area contributed by atoms with E-state index in [-0.39, 0.29) is 5.57 Å². The first kappa shape index (κ1) is 16.3. The highest BCUT2D eigenvalue weighted by Crippen LogP contribution is 2.29. The van der Waals surface area contributed by atoms with Crippen molar-refractivity contribution in [1.29, 1.82) is 5.26 Å². The lowest BCUT2D eigenvalue weighted by molar-refractivity contribution is -0.137. The van der Waals surface area contributed by atoms with Gasteiger partial charge in [0.25, 0.3) is 5.91 Å². The van der Waals surface area contributed by atoms with Gasteiger partial charge < -0.3 is 5.32 Å². The van der Waals surface area contributed by atoms with Crippen LogP contribution < -0.4 is 5.32 Å². The van der Waals surface area contributed by atoms with E-state index in [0.29, 0.717) is 11.3 Å². The number of nitrogens with one attached hydrogen (secondary N) is 1. The van der Waals surface area contributed by atoms with Crippen LogP contribution in [-0.4, -0.2) is 5.91 Å². The van der Waals surface area contributed by atoms with Crippen molar-refractivity contribution in [3.05, 3.63) is 71.3 Å². The minimum Gasteiger partial charge on any atom is -0.321 e. The number of hydrogen-bond donors (Lipinski definition) is 1. The zero-order chi connectivity index (χ0) is 16.9. The third-order valence-electron chi connectivity index (χ3n) is 2.95. The average molecular weight is 316 g/mol. The van der Waals surface area contributed by atoms with E-state index in [1.54, 1.807) is 36.4 Å².